The van der Waals surface area contributed by atoms with E-state index in [9.17, 15) is 5.11 Å². The van der Waals surface area contributed by atoms with Gasteiger partial charge in [0.25, 0.3) is 0 Å². The lowest BCUT2D eigenvalue weighted by Gasteiger charge is -2.27. The van der Waals surface area contributed by atoms with E-state index in [0.29, 0.717) is 12.5 Å². The van der Waals surface area contributed by atoms with E-state index in [-0.39, 0.29) is 35.5 Å². The molecule has 1 saturated heterocycles. The number of aliphatic imine (C=N–C) groups is 1. The number of β-amino-alcohol motifs (C(OH)–C–C–N with tert-alkyl or cyclic N) is 1. The summed E-state index contributed by atoms with van der Waals surface area (Å²) in [7, 11) is 0. The first-order valence-corrected chi connectivity index (χ1v) is 7.55. The predicted molar refractivity (Wildman–Crippen MR) is 96.8 cm³/mol. The molecule has 5 heteroatoms. The zero-order chi connectivity index (χ0) is 14.5. The van der Waals surface area contributed by atoms with Crippen molar-refractivity contribution in [3.05, 3.63) is 0 Å². The van der Waals surface area contributed by atoms with Crippen LogP contribution >= 0.6 is 24.0 Å². The molecule has 2 N–H and O–H groups in total. The molecule has 1 fully saturated rings. The van der Waals surface area contributed by atoms with Crippen LogP contribution in [0, 0.1) is 11.3 Å². The lowest BCUT2D eigenvalue weighted by molar-refractivity contribution is 0.187. The molecule has 20 heavy (non-hydrogen) atoms. The molecule has 0 amide bonds. The highest BCUT2D eigenvalue weighted by Crippen LogP contribution is 2.25. The Hall–Kier alpha value is -0.0400. The minimum atomic E-state index is -0.201. The number of aliphatic hydroxyl groups excluding tert-OH is 1. The average Bonchev–Trinajstić information content (AvgIpc) is 2.69. The Labute approximate surface area is 141 Å². The third kappa shape index (κ3) is 7.11. The molecule has 1 rings (SSSR count). The first-order chi connectivity index (χ1) is 8.84. The number of nitrogens with one attached hydrogen (secondary N) is 1. The standard InChI is InChI=1S/C15H31N3O.HI/c1-6-16-14(18-8-7-13(19)10-18)17-11-15(4,5)9-12(2)3;/h12-13,19H,6-11H2,1-5H3,(H,16,17);1H/t13-;/m1./s1. The van der Waals surface area contributed by atoms with E-state index < -0.39 is 0 Å². The van der Waals surface area contributed by atoms with Gasteiger partial charge in [0.05, 0.1) is 6.10 Å². The van der Waals surface area contributed by atoms with E-state index in [4.69, 9.17) is 4.99 Å². The Bertz CT molecular complexity index is 305. The molecule has 0 aromatic heterocycles. The fourth-order valence-corrected chi connectivity index (χ4v) is 2.82. The Morgan fingerprint density at radius 2 is 2.10 bits per heavy atom. The summed E-state index contributed by atoms with van der Waals surface area (Å²) in [4.78, 5) is 6.94. The second kappa shape index (κ2) is 9.07. The van der Waals surface area contributed by atoms with Gasteiger partial charge in [-0.15, -0.1) is 24.0 Å². The van der Waals surface area contributed by atoms with Crippen molar-refractivity contribution in [2.24, 2.45) is 16.3 Å². The third-order valence-corrected chi connectivity index (χ3v) is 3.42. The van der Waals surface area contributed by atoms with Crippen LogP contribution in [-0.4, -0.2) is 48.2 Å². The van der Waals surface area contributed by atoms with Crippen LogP contribution in [0.1, 0.15) is 47.5 Å². The summed E-state index contributed by atoms with van der Waals surface area (Å²) in [6, 6.07) is 0. The number of aliphatic hydroxyl groups is 1. The zero-order valence-electron chi connectivity index (χ0n) is 13.6. The molecular formula is C15H32IN3O. The fraction of sp³-hybridized carbons (Fsp3) is 0.933. The predicted octanol–water partition coefficient (Wildman–Crippen LogP) is 2.71. The second-order valence-electron chi connectivity index (χ2n) is 6.82. The minimum absolute atomic E-state index is 0. The molecule has 0 aliphatic carbocycles. The van der Waals surface area contributed by atoms with E-state index in [1.165, 1.54) is 6.42 Å². The van der Waals surface area contributed by atoms with Gasteiger partial charge in [-0.1, -0.05) is 27.7 Å². The van der Waals surface area contributed by atoms with Gasteiger partial charge in [0, 0.05) is 26.2 Å². The summed E-state index contributed by atoms with van der Waals surface area (Å²) in [5, 5.41) is 13.0. The van der Waals surface area contributed by atoms with Gasteiger partial charge < -0.3 is 15.3 Å². The average molecular weight is 397 g/mol. The number of guanidine groups is 1. The highest BCUT2D eigenvalue weighted by Gasteiger charge is 2.24. The van der Waals surface area contributed by atoms with E-state index in [1.54, 1.807) is 0 Å². The SMILES string of the molecule is CCNC(=NCC(C)(C)CC(C)C)N1CC[C@@H](O)C1.I. The number of hydrogen-bond donors (Lipinski definition) is 2. The van der Waals surface area contributed by atoms with Crippen LogP contribution in [-0.2, 0) is 0 Å². The number of rotatable bonds is 5. The number of likely N-dealkylation sites (tertiary alicyclic amines) is 1. The van der Waals surface area contributed by atoms with Gasteiger partial charge in [-0.3, -0.25) is 4.99 Å². The largest absolute Gasteiger partial charge is 0.391 e. The van der Waals surface area contributed by atoms with Crippen molar-refractivity contribution in [2.75, 3.05) is 26.2 Å². The quantitative estimate of drug-likeness (QED) is 0.426. The van der Waals surface area contributed by atoms with Crippen LogP contribution in [0.25, 0.3) is 0 Å². The van der Waals surface area contributed by atoms with Gasteiger partial charge >= 0.3 is 0 Å². The molecule has 0 saturated carbocycles. The lowest BCUT2D eigenvalue weighted by Crippen LogP contribution is -2.41. The second-order valence-corrected chi connectivity index (χ2v) is 6.82. The Morgan fingerprint density at radius 3 is 2.55 bits per heavy atom. The van der Waals surface area contributed by atoms with Crippen molar-refractivity contribution in [3.63, 3.8) is 0 Å². The Balaban J connectivity index is 0.00000361. The summed E-state index contributed by atoms with van der Waals surface area (Å²) >= 11 is 0. The maximum absolute atomic E-state index is 9.64. The van der Waals surface area contributed by atoms with E-state index >= 15 is 0 Å². The molecule has 1 heterocycles. The molecule has 0 unspecified atom stereocenters. The third-order valence-electron chi connectivity index (χ3n) is 3.42. The van der Waals surface area contributed by atoms with E-state index in [2.05, 4.69) is 44.8 Å². The topological polar surface area (TPSA) is 47.9 Å². The molecule has 1 aliphatic rings. The molecular weight excluding hydrogens is 365 g/mol. The minimum Gasteiger partial charge on any atom is -0.391 e. The molecule has 0 radical (unpaired) electrons. The van der Waals surface area contributed by atoms with Crippen molar-refractivity contribution in [2.45, 2.75) is 53.6 Å². The van der Waals surface area contributed by atoms with Crippen LogP contribution < -0.4 is 5.32 Å². The highest BCUT2D eigenvalue weighted by molar-refractivity contribution is 14.0. The van der Waals surface area contributed by atoms with Gasteiger partial charge in [-0.25, -0.2) is 0 Å². The fourth-order valence-electron chi connectivity index (χ4n) is 2.82. The Morgan fingerprint density at radius 1 is 1.45 bits per heavy atom. The summed E-state index contributed by atoms with van der Waals surface area (Å²) in [6.45, 7) is 14.5. The smallest absolute Gasteiger partial charge is 0.194 e. The first-order valence-electron chi connectivity index (χ1n) is 7.55. The maximum atomic E-state index is 9.64. The van der Waals surface area contributed by atoms with Gasteiger partial charge in [0.1, 0.15) is 0 Å². The number of nitrogens with zero attached hydrogens (tertiary/aromatic N) is 2. The summed E-state index contributed by atoms with van der Waals surface area (Å²) in [5.41, 5.74) is 0.229. The normalized spacial score (nSPS) is 20.2. The van der Waals surface area contributed by atoms with Crippen molar-refractivity contribution in [1.82, 2.24) is 10.2 Å². The molecule has 1 atom stereocenters. The highest BCUT2D eigenvalue weighted by atomic mass is 127. The van der Waals surface area contributed by atoms with Gasteiger partial charge in [-0.2, -0.15) is 0 Å². The van der Waals surface area contributed by atoms with E-state index in [1.807, 2.05) is 0 Å². The van der Waals surface area contributed by atoms with E-state index in [0.717, 1.165) is 32.0 Å². The molecule has 0 aromatic rings. The Kier molecular flexibility index (Phi) is 9.06. The molecule has 0 spiro atoms. The number of halogens is 1. The van der Waals surface area contributed by atoms with Crippen LogP contribution in [0.2, 0.25) is 0 Å². The van der Waals surface area contributed by atoms with Crippen molar-refractivity contribution >= 4 is 29.9 Å². The molecule has 0 bridgehead atoms. The van der Waals surface area contributed by atoms with Crippen molar-refractivity contribution < 1.29 is 5.11 Å². The van der Waals surface area contributed by atoms with Crippen molar-refractivity contribution in [1.29, 1.82) is 0 Å². The lowest BCUT2D eigenvalue weighted by atomic mass is 9.84. The van der Waals surface area contributed by atoms with Gasteiger partial charge in [-0.05, 0) is 31.1 Å². The van der Waals surface area contributed by atoms with Crippen LogP contribution in [0.5, 0.6) is 0 Å². The number of hydrogen-bond acceptors (Lipinski definition) is 2. The molecule has 0 aromatic carbocycles. The summed E-state index contributed by atoms with van der Waals surface area (Å²) in [5.74, 6) is 1.65. The van der Waals surface area contributed by atoms with Gasteiger partial charge in [0.2, 0.25) is 0 Å². The summed E-state index contributed by atoms with van der Waals surface area (Å²) in [6.07, 6.45) is 1.82. The molecule has 4 nitrogen and oxygen atoms in total. The first kappa shape index (κ1) is 20.0. The van der Waals surface area contributed by atoms with Gasteiger partial charge in [0.15, 0.2) is 5.96 Å². The van der Waals surface area contributed by atoms with Crippen molar-refractivity contribution in [3.8, 4) is 0 Å². The van der Waals surface area contributed by atoms with Crippen LogP contribution in [0.15, 0.2) is 4.99 Å². The van der Waals surface area contributed by atoms with Crippen LogP contribution in [0.3, 0.4) is 0 Å². The molecule has 120 valence electrons. The monoisotopic (exact) mass is 397 g/mol. The zero-order valence-corrected chi connectivity index (χ0v) is 16.0. The summed E-state index contributed by atoms with van der Waals surface area (Å²) < 4.78 is 0. The van der Waals surface area contributed by atoms with Crippen LogP contribution in [0.4, 0.5) is 0 Å². The maximum Gasteiger partial charge on any atom is 0.194 e. The molecule has 1 aliphatic heterocycles.